The number of guanidine groups is 1. The molecule has 0 atom stereocenters. The van der Waals surface area contributed by atoms with Crippen LogP contribution in [0.2, 0.25) is 0 Å². The number of benzene rings is 2. The van der Waals surface area contributed by atoms with Crippen molar-refractivity contribution in [1.82, 2.24) is 10.6 Å². The van der Waals surface area contributed by atoms with Crippen LogP contribution in [-0.4, -0.2) is 31.7 Å². The van der Waals surface area contributed by atoms with Gasteiger partial charge in [0.15, 0.2) is 5.96 Å². The summed E-state index contributed by atoms with van der Waals surface area (Å²) >= 11 is 0. The number of rotatable bonds is 8. The first-order chi connectivity index (χ1) is 13.8. The summed E-state index contributed by atoms with van der Waals surface area (Å²) in [5, 5.41) is 6.31. The van der Waals surface area contributed by atoms with Crippen LogP contribution in [0.5, 0.6) is 0 Å². The summed E-state index contributed by atoms with van der Waals surface area (Å²) < 4.78 is 40.9. The average Bonchev–Trinajstić information content (AvgIpc) is 2.68. The van der Waals surface area contributed by atoms with Gasteiger partial charge in [0.25, 0.3) is 0 Å². The molecule has 0 aromatic heterocycles. The van der Waals surface area contributed by atoms with Gasteiger partial charge < -0.3 is 21.1 Å². The van der Waals surface area contributed by atoms with Gasteiger partial charge in [0.2, 0.25) is 5.91 Å². The number of aliphatic imine (C=N–C) groups is 1. The summed E-state index contributed by atoms with van der Waals surface area (Å²) in [6, 6.07) is 14.0. The maximum atomic E-state index is 12.1. The van der Waals surface area contributed by atoms with E-state index in [1.807, 2.05) is 12.1 Å². The quantitative estimate of drug-likeness (QED) is 0.463. The molecule has 4 N–H and O–H groups in total. The topological polar surface area (TPSA) is 88.7 Å². The molecule has 0 unspecified atom stereocenters. The molecule has 0 bridgehead atoms. The molecule has 9 heteroatoms. The molecule has 156 valence electrons. The van der Waals surface area contributed by atoms with Crippen molar-refractivity contribution >= 4 is 11.9 Å². The summed E-state index contributed by atoms with van der Waals surface area (Å²) in [5.41, 5.74) is 8.23. The van der Waals surface area contributed by atoms with Crippen molar-refractivity contribution in [2.75, 3.05) is 13.7 Å². The number of ether oxygens (including phenoxy) is 1. The first-order valence-electron chi connectivity index (χ1n) is 8.82. The zero-order chi connectivity index (χ0) is 21.3. The van der Waals surface area contributed by atoms with E-state index in [0.717, 1.165) is 11.1 Å². The van der Waals surface area contributed by atoms with Crippen LogP contribution in [-0.2, 0) is 24.4 Å². The van der Waals surface area contributed by atoms with E-state index >= 15 is 0 Å². The molecule has 2 rings (SSSR count). The first-order valence-corrected chi connectivity index (χ1v) is 8.82. The van der Waals surface area contributed by atoms with Crippen molar-refractivity contribution < 1.29 is 22.7 Å². The number of nitrogens with two attached hydrogens (primary N) is 1. The number of primary amides is 1. The Morgan fingerprint density at radius 2 is 1.45 bits per heavy atom. The second kappa shape index (κ2) is 10.5. The Kier molecular flexibility index (Phi) is 8.02. The fraction of sp³-hybridized carbons (Fsp3) is 0.300. The lowest BCUT2D eigenvalue weighted by Crippen LogP contribution is -2.36. The molecule has 2 aromatic rings. The minimum absolute atomic E-state index is 0.0923. The molecular weight excluding hydrogens is 385 g/mol. The maximum Gasteiger partial charge on any atom is 0.411 e. The van der Waals surface area contributed by atoms with E-state index in [1.54, 1.807) is 43.4 Å². The normalized spacial score (nSPS) is 11.9. The summed E-state index contributed by atoms with van der Waals surface area (Å²) in [5.74, 6) is 0.112. The van der Waals surface area contributed by atoms with Crippen LogP contribution >= 0.6 is 0 Å². The van der Waals surface area contributed by atoms with E-state index in [9.17, 15) is 18.0 Å². The molecule has 0 fully saturated rings. The molecule has 0 heterocycles. The smallest absolute Gasteiger partial charge is 0.367 e. The van der Waals surface area contributed by atoms with E-state index in [-0.39, 0.29) is 6.61 Å². The highest BCUT2D eigenvalue weighted by Crippen LogP contribution is 2.15. The van der Waals surface area contributed by atoms with Crippen molar-refractivity contribution in [2.45, 2.75) is 25.9 Å². The second-order valence-corrected chi connectivity index (χ2v) is 6.26. The number of amides is 1. The fourth-order valence-corrected chi connectivity index (χ4v) is 2.42. The number of hydrogen-bond acceptors (Lipinski definition) is 3. The van der Waals surface area contributed by atoms with Crippen molar-refractivity contribution in [1.29, 1.82) is 0 Å². The van der Waals surface area contributed by atoms with Gasteiger partial charge in [0.05, 0.1) is 6.61 Å². The molecular formula is C20H23F3N4O2. The minimum Gasteiger partial charge on any atom is -0.367 e. The lowest BCUT2D eigenvalue weighted by Gasteiger charge is -2.13. The Bertz CT molecular complexity index is 819. The maximum absolute atomic E-state index is 12.1. The number of carbonyl (C=O) groups is 1. The van der Waals surface area contributed by atoms with Crippen LogP contribution in [0.4, 0.5) is 13.2 Å². The molecule has 0 aliphatic heterocycles. The molecule has 0 aliphatic carbocycles. The summed E-state index contributed by atoms with van der Waals surface area (Å²) in [7, 11) is 1.65. The van der Waals surface area contributed by atoms with Crippen LogP contribution in [0.15, 0.2) is 53.5 Å². The molecule has 1 amide bonds. The highest BCUT2D eigenvalue weighted by molar-refractivity contribution is 5.92. The summed E-state index contributed by atoms with van der Waals surface area (Å²) in [6.45, 7) is -0.354. The number of nitrogens with zero attached hydrogens (tertiary/aromatic N) is 1. The zero-order valence-corrected chi connectivity index (χ0v) is 15.9. The molecule has 6 nitrogen and oxygen atoms in total. The monoisotopic (exact) mass is 408 g/mol. The van der Waals surface area contributed by atoms with Gasteiger partial charge in [-0.1, -0.05) is 36.4 Å². The largest absolute Gasteiger partial charge is 0.411 e. The van der Waals surface area contributed by atoms with Crippen molar-refractivity contribution in [3.05, 3.63) is 70.8 Å². The van der Waals surface area contributed by atoms with Crippen LogP contribution < -0.4 is 16.4 Å². The van der Waals surface area contributed by atoms with Crippen LogP contribution in [0, 0.1) is 0 Å². The van der Waals surface area contributed by atoms with Gasteiger partial charge in [-0.15, -0.1) is 0 Å². The lowest BCUT2D eigenvalue weighted by atomic mass is 10.1. The summed E-state index contributed by atoms with van der Waals surface area (Å²) in [4.78, 5) is 15.2. The number of nitrogens with one attached hydrogen (secondary N) is 2. The molecule has 0 saturated heterocycles. The standard InChI is InChI=1S/C20H23F3N4O2/c1-25-19(27-11-15-6-8-17(9-7-15)18(24)28)26-10-14-2-4-16(5-3-14)12-29-13-20(21,22)23/h2-9H,10-13H2,1H3,(H2,24,28)(H2,25,26,27). The highest BCUT2D eigenvalue weighted by Gasteiger charge is 2.27. The van der Waals surface area contributed by atoms with Gasteiger partial charge in [-0.3, -0.25) is 9.79 Å². The van der Waals surface area contributed by atoms with Crippen LogP contribution in [0.3, 0.4) is 0 Å². The SMILES string of the molecule is CN=C(NCc1ccc(COCC(F)(F)F)cc1)NCc1ccc(C(N)=O)cc1. The van der Waals surface area contributed by atoms with Gasteiger partial charge in [-0.2, -0.15) is 13.2 Å². The fourth-order valence-electron chi connectivity index (χ4n) is 2.42. The van der Waals surface area contributed by atoms with Crippen molar-refractivity contribution in [3.8, 4) is 0 Å². The zero-order valence-electron chi connectivity index (χ0n) is 15.9. The van der Waals surface area contributed by atoms with Crippen LogP contribution in [0.1, 0.15) is 27.0 Å². The molecule has 0 spiro atoms. The van der Waals surface area contributed by atoms with E-state index in [4.69, 9.17) is 5.73 Å². The Morgan fingerprint density at radius 3 is 1.90 bits per heavy atom. The predicted molar refractivity (Wildman–Crippen MR) is 104 cm³/mol. The van der Waals surface area contributed by atoms with E-state index in [1.165, 1.54) is 0 Å². The van der Waals surface area contributed by atoms with Crippen molar-refractivity contribution in [2.24, 2.45) is 10.7 Å². The minimum atomic E-state index is -4.32. The number of hydrogen-bond donors (Lipinski definition) is 3. The second-order valence-electron chi connectivity index (χ2n) is 6.26. The van der Waals surface area contributed by atoms with Gasteiger partial charge in [-0.25, -0.2) is 0 Å². The first kappa shape index (κ1) is 22.2. The van der Waals surface area contributed by atoms with Crippen molar-refractivity contribution in [3.63, 3.8) is 0 Å². The number of carbonyl (C=O) groups excluding carboxylic acids is 1. The van der Waals surface area contributed by atoms with Gasteiger partial charge in [0.1, 0.15) is 6.61 Å². The lowest BCUT2D eigenvalue weighted by molar-refractivity contribution is -0.176. The number of alkyl halides is 3. The number of halogens is 3. The Hall–Kier alpha value is -3.07. The molecule has 0 radical (unpaired) electrons. The van der Waals surface area contributed by atoms with E-state index in [0.29, 0.717) is 30.2 Å². The van der Waals surface area contributed by atoms with E-state index in [2.05, 4.69) is 20.4 Å². The van der Waals surface area contributed by atoms with E-state index < -0.39 is 18.7 Å². The van der Waals surface area contributed by atoms with Crippen LogP contribution in [0.25, 0.3) is 0 Å². The average molecular weight is 408 g/mol. The van der Waals surface area contributed by atoms with Gasteiger partial charge >= 0.3 is 6.18 Å². The highest BCUT2D eigenvalue weighted by atomic mass is 19.4. The predicted octanol–water partition coefficient (Wildman–Crippen LogP) is 2.73. The third-order valence-electron chi connectivity index (χ3n) is 3.94. The summed E-state index contributed by atoms with van der Waals surface area (Å²) in [6.07, 6.45) is -4.32. The molecule has 0 aliphatic rings. The molecule has 2 aromatic carbocycles. The molecule has 29 heavy (non-hydrogen) atoms. The third-order valence-corrected chi connectivity index (χ3v) is 3.94. The van der Waals surface area contributed by atoms with Gasteiger partial charge in [0, 0.05) is 25.7 Å². The van der Waals surface area contributed by atoms with Gasteiger partial charge in [-0.05, 0) is 28.8 Å². The third kappa shape index (κ3) is 8.22. The Morgan fingerprint density at radius 1 is 0.966 bits per heavy atom. The Labute approximate surface area is 167 Å². The molecule has 0 saturated carbocycles. The Balaban J connectivity index is 1.77.